The van der Waals surface area contributed by atoms with E-state index in [0.717, 1.165) is 10.5 Å². The predicted octanol–water partition coefficient (Wildman–Crippen LogP) is 4.16. The molecule has 0 aliphatic heterocycles. The molecule has 5 nitrogen and oxygen atoms in total. The number of nitro groups is 1. The Morgan fingerprint density at radius 3 is 2.52 bits per heavy atom. The number of carbonyl (C=O) groups is 1. The number of anilines is 1. The van der Waals surface area contributed by atoms with Gasteiger partial charge in [-0.25, -0.2) is 4.39 Å². The molecule has 120 valence electrons. The fourth-order valence-electron chi connectivity index (χ4n) is 1.87. The molecule has 0 spiro atoms. The third kappa shape index (κ3) is 4.53. The highest BCUT2D eigenvalue weighted by Gasteiger charge is 2.16. The fourth-order valence-corrected chi connectivity index (χ4v) is 2.73. The van der Waals surface area contributed by atoms with Crippen molar-refractivity contribution in [2.75, 3.05) is 5.32 Å². The number of halogens is 1. The van der Waals surface area contributed by atoms with E-state index in [2.05, 4.69) is 5.32 Å². The van der Waals surface area contributed by atoms with Crippen LogP contribution in [0.15, 0.2) is 47.4 Å². The summed E-state index contributed by atoms with van der Waals surface area (Å²) in [6.07, 6.45) is 0. The zero-order chi connectivity index (χ0) is 17.0. The van der Waals surface area contributed by atoms with E-state index in [1.807, 2.05) is 0 Å². The number of rotatable bonds is 5. The van der Waals surface area contributed by atoms with Crippen LogP contribution in [0.5, 0.6) is 0 Å². The van der Waals surface area contributed by atoms with Crippen LogP contribution in [0.1, 0.15) is 12.5 Å². The van der Waals surface area contributed by atoms with Gasteiger partial charge in [-0.05, 0) is 43.7 Å². The lowest BCUT2D eigenvalue weighted by molar-refractivity contribution is -0.384. The smallest absolute Gasteiger partial charge is 0.269 e. The summed E-state index contributed by atoms with van der Waals surface area (Å²) in [5, 5.41) is 12.9. The topological polar surface area (TPSA) is 72.2 Å². The number of aryl methyl sites for hydroxylation is 1. The number of carbonyl (C=O) groups excluding carboxylic acids is 1. The molecule has 0 aliphatic carbocycles. The Hall–Kier alpha value is -2.41. The molecule has 0 radical (unpaired) electrons. The molecule has 0 aliphatic rings. The van der Waals surface area contributed by atoms with Crippen LogP contribution < -0.4 is 5.32 Å². The van der Waals surface area contributed by atoms with E-state index in [4.69, 9.17) is 0 Å². The summed E-state index contributed by atoms with van der Waals surface area (Å²) in [5.74, 6) is -0.677. The molecular weight excluding hydrogens is 319 g/mol. The Kier molecular flexibility index (Phi) is 5.33. The van der Waals surface area contributed by atoms with Crippen LogP contribution in [0, 0.1) is 22.9 Å². The molecule has 2 aromatic carbocycles. The zero-order valence-corrected chi connectivity index (χ0v) is 13.4. The lowest BCUT2D eigenvalue weighted by Gasteiger charge is -2.13. The van der Waals surface area contributed by atoms with Crippen molar-refractivity contribution in [2.24, 2.45) is 0 Å². The van der Waals surface area contributed by atoms with Gasteiger partial charge in [0.25, 0.3) is 5.69 Å². The number of non-ortho nitro benzene ring substituents is 1. The number of benzene rings is 2. The van der Waals surface area contributed by atoms with E-state index in [1.54, 1.807) is 32.0 Å². The van der Waals surface area contributed by atoms with E-state index in [1.165, 1.54) is 36.0 Å². The minimum Gasteiger partial charge on any atom is -0.325 e. The Morgan fingerprint density at radius 2 is 1.91 bits per heavy atom. The quantitative estimate of drug-likeness (QED) is 0.506. The molecule has 0 fully saturated rings. The van der Waals surface area contributed by atoms with Crippen molar-refractivity contribution < 1.29 is 14.1 Å². The number of nitro benzene ring substituents is 1. The maximum absolute atomic E-state index is 13.2. The van der Waals surface area contributed by atoms with Gasteiger partial charge in [-0.2, -0.15) is 0 Å². The molecule has 0 heterocycles. The van der Waals surface area contributed by atoms with E-state index >= 15 is 0 Å². The number of nitrogens with one attached hydrogen (secondary N) is 1. The lowest BCUT2D eigenvalue weighted by Crippen LogP contribution is -2.22. The van der Waals surface area contributed by atoms with Gasteiger partial charge in [0.2, 0.25) is 5.91 Å². The monoisotopic (exact) mass is 334 g/mol. The van der Waals surface area contributed by atoms with Crippen molar-refractivity contribution in [3.8, 4) is 0 Å². The Labute approximate surface area is 137 Å². The molecule has 0 unspecified atom stereocenters. The molecule has 23 heavy (non-hydrogen) atoms. The molecule has 0 saturated carbocycles. The molecule has 0 aromatic heterocycles. The van der Waals surface area contributed by atoms with E-state index in [-0.39, 0.29) is 11.6 Å². The van der Waals surface area contributed by atoms with Crippen molar-refractivity contribution in [3.63, 3.8) is 0 Å². The molecule has 1 N–H and O–H groups in total. The second-order valence-electron chi connectivity index (χ2n) is 4.96. The molecule has 1 amide bonds. The van der Waals surface area contributed by atoms with Gasteiger partial charge >= 0.3 is 0 Å². The van der Waals surface area contributed by atoms with Crippen LogP contribution in [-0.4, -0.2) is 16.1 Å². The Balaban J connectivity index is 2.02. The second kappa shape index (κ2) is 7.23. The van der Waals surface area contributed by atoms with Crippen molar-refractivity contribution in [1.29, 1.82) is 0 Å². The van der Waals surface area contributed by atoms with Crippen molar-refractivity contribution in [2.45, 2.75) is 24.0 Å². The van der Waals surface area contributed by atoms with E-state index in [0.29, 0.717) is 5.69 Å². The summed E-state index contributed by atoms with van der Waals surface area (Å²) in [5.41, 5.74) is 1.21. The van der Waals surface area contributed by atoms with Crippen LogP contribution >= 0.6 is 11.8 Å². The van der Waals surface area contributed by atoms with Crippen LogP contribution in [0.4, 0.5) is 15.8 Å². The van der Waals surface area contributed by atoms with Crippen molar-refractivity contribution in [1.82, 2.24) is 0 Å². The standard InChI is InChI=1S/C16H15FN2O3S/c1-10-3-4-12(17)9-15(10)18-16(20)11(2)23-14-7-5-13(6-8-14)19(21)22/h3-9,11H,1-2H3,(H,18,20)/t11-/m0/s1. The molecular formula is C16H15FN2O3S. The van der Waals surface area contributed by atoms with Gasteiger partial charge in [0, 0.05) is 22.7 Å². The molecule has 1 atom stereocenters. The zero-order valence-electron chi connectivity index (χ0n) is 12.6. The number of nitrogens with zero attached hydrogens (tertiary/aromatic N) is 1. The van der Waals surface area contributed by atoms with Crippen LogP contribution in [0.2, 0.25) is 0 Å². The third-order valence-corrected chi connectivity index (χ3v) is 4.30. The second-order valence-corrected chi connectivity index (χ2v) is 6.37. The highest BCUT2D eigenvalue weighted by molar-refractivity contribution is 8.00. The number of thioether (sulfide) groups is 1. The summed E-state index contributed by atoms with van der Waals surface area (Å²) >= 11 is 1.27. The minimum absolute atomic E-state index is 0.00170. The fraction of sp³-hybridized carbons (Fsp3) is 0.188. The first kappa shape index (κ1) is 17.0. The van der Waals surface area contributed by atoms with Crippen molar-refractivity contribution in [3.05, 3.63) is 64.0 Å². The summed E-state index contributed by atoms with van der Waals surface area (Å²) in [7, 11) is 0. The van der Waals surface area contributed by atoms with Crippen molar-refractivity contribution >= 4 is 29.0 Å². The summed E-state index contributed by atoms with van der Waals surface area (Å²) < 4.78 is 13.2. The molecule has 0 bridgehead atoms. The summed E-state index contributed by atoms with van der Waals surface area (Å²) in [4.78, 5) is 23.1. The minimum atomic E-state index is -0.475. The van der Waals surface area contributed by atoms with Gasteiger partial charge in [0.05, 0.1) is 10.2 Å². The Morgan fingerprint density at radius 1 is 1.26 bits per heavy atom. The first-order valence-corrected chi connectivity index (χ1v) is 7.73. The van der Waals surface area contributed by atoms with Gasteiger partial charge in [0.15, 0.2) is 0 Å². The largest absolute Gasteiger partial charge is 0.325 e. The van der Waals surface area contributed by atoms with E-state index < -0.39 is 16.0 Å². The SMILES string of the molecule is Cc1ccc(F)cc1NC(=O)[C@H](C)Sc1ccc([N+](=O)[O-])cc1. The van der Waals surface area contributed by atoms with Crippen LogP contribution in [0.3, 0.4) is 0 Å². The number of hydrogen-bond acceptors (Lipinski definition) is 4. The normalized spacial score (nSPS) is 11.8. The van der Waals surface area contributed by atoms with E-state index in [9.17, 15) is 19.3 Å². The van der Waals surface area contributed by atoms with Gasteiger partial charge in [-0.3, -0.25) is 14.9 Å². The van der Waals surface area contributed by atoms with Crippen LogP contribution in [-0.2, 0) is 4.79 Å². The predicted molar refractivity (Wildman–Crippen MR) is 88.2 cm³/mol. The summed E-state index contributed by atoms with van der Waals surface area (Å²) in [6.45, 7) is 3.50. The highest BCUT2D eigenvalue weighted by atomic mass is 32.2. The number of hydrogen-bond donors (Lipinski definition) is 1. The molecule has 2 aromatic rings. The van der Waals surface area contributed by atoms with Gasteiger partial charge in [-0.1, -0.05) is 6.07 Å². The van der Waals surface area contributed by atoms with Gasteiger partial charge < -0.3 is 5.32 Å². The highest BCUT2D eigenvalue weighted by Crippen LogP contribution is 2.26. The third-order valence-electron chi connectivity index (χ3n) is 3.19. The lowest BCUT2D eigenvalue weighted by atomic mass is 10.2. The molecule has 7 heteroatoms. The Bertz CT molecular complexity index is 735. The maximum atomic E-state index is 13.2. The van der Waals surface area contributed by atoms with Gasteiger partial charge in [0.1, 0.15) is 5.82 Å². The van der Waals surface area contributed by atoms with Crippen LogP contribution in [0.25, 0.3) is 0 Å². The molecule has 0 saturated heterocycles. The molecule has 2 rings (SSSR count). The number of amides is 1. The first-order chi connectivity index (χ1) is 10.9. The maximum Gasteiger partial charge on any atom is 0.269 e. The average molecular weight is 334 g/mol. The average Bonchev–Trinajstić information content (AvgIpc) is 2.51. The first-order valence-electron chi connectivity index (χ1n) is 6.85. The van der Waals surface area contributed by atoms with Gasteiger partial charge in [-0.15, -0.1) is 11.8 Å². The summed E-state index contributed by atoms with van der Waals surface area (Å²) in [6, 6.07) is 10.2.